The second kappa shape index (κ2) is 10.5. The quantitative estimate of drug-likeness (QED) is 0.365. The standard InChI is InChI=1S/C28H38N4O3/c1-21-15-25-27(17-23(21)3)31-7-11-34-13-14-35-12-8-32-20-30(6-10-33-9-5-29(25)19-31)26-16-22(2)24(4)18-28(26)32/h15-20H,5-14H2,1-4H3/q+2. The summed E-state index contributed by atoms with van der Waals surface area (Å²) in [6.07, 6.45) is 4.41. The summed E-state index contributed by atoms with van der Waals surface area (Å²) >= 11 is 0. The van der Waals surface area contributed by atoms with Gasteiger partial charge in [-0.25, -0.2) is 18.3 Å². The molecule has 7 nitrogen and oxygen atoms in total. The minimum Gasteiger partial charge on any atom is -0.375 e. The maximum absolute atomic E-state index is 6.13. The lowest BCUT2D eigenvalue weighted by Crippen LogP contribution is -2.37. The molecule has 0 N–H and O–H groups in total. The molecule has 0 fully saturated rings. The number of hydrogen-bond donors (Lipinski definition) is 0. The van der Waals surface area contributed by atoms with E-state index in [1.165, 1.54) is 44.3 Å². The summed E-state index contributed by atoms with van der Waals surface area (Å²) in [6.45, 7) is 15.9. The molecule has 35 heavy (non-hydrogen) atoms. The molecule has 3 heterocycles. The van der Waals surface area contributed by atoms with Crippen molar-refractivity contribution < 1.29 is 23.3 Å². The first-order valence-electron chi connectivity index (χ1n) is 12.7. The Bertz CT molecular complexity index is 1240. The van der Waals surface area contributed by atoms with Gasteiger partial charge in [0.2, 0.25) is 12.7 Å². The molecule has 2 aromatic carbocycles. The Morgan fingerprint density at radius 1 is 0.543 bits per heavy atom. The third-order valence-corrected chi connectivity index (χ3v) is 7.26. The summed E-state index contributed by atoms with van der Waals surface area (Å²) in [7, 11) is 0. The lowest BCUT2D eigenvalue weighted by molar-refractivity contribution is -0.681. The Balaban J connectivity index is 1.38. The lowest BCUT2D eigenvalue weighted by atomic mass is 10.1. The molecule has 0 aliphatic carbocycles. The third kappa shape index (κ3) is 5.13. The number of nitrogens with zero attached hydrogens (tertiary/aromatic N) is 4. The highest BCUT2D eigenvalue weighted by Gasteiger charge is 2.19. The van der Waals surface area contributed by atoms with Gasteiger partial charge in [0.1, 0.15) is 26.2 Å². The first-order valence-corrected chi connectivity index (χ1v) is 12.7. The van der Waals surface area contributed by atoms with Gasteiger partial charge in [0.05, 0.1) is 39.6 Å². The van der Waals surface area contributed by atoms with E-state index in [2.05, 4.69) is 82.9 Å². The Morgan fingerprint density at radius 3 is 1.40 bits per heavy atom. The Labute approximate surface area is 207 Å². The Morgan fingerprint density at radius 2 is 0.943 bits per heavy atom. The van der Waals surface area contributed by atoms with E-state index in [-0.39, 0.29) is 0 Å². The van der Waals surface area contributed by atoms with E-state index in [1.54, 1.807) is 0 Å². The summed E-state index contributed by atoms with van der Waals surface area (Å²) in [6, 6.07) is 9.15. The van der Waals surface area contributed by atoms with Crippen molar-refractivity contribution in [3.63, 3.8) is 0 Å². The van der Waals surface area contributed by atoms with E-state index < -0.39 is 0 Å². The molecule has 0 radical (unpaired) electrons. The topological polar surface area (TPSA) is 45.3 Å². The number of benzene rings is 2. The van der Waals surface area contributed by atoms with Crippen LogP contribution in [0.3, 0.4) is 0 Å². The van der Waals surface area contributed by atoms with Gasteiger partial charge in [-0.3, -0.25) is 0 Å². The molecule has 4 bridgehead atoms. The minimum atomic E-state index is 0.607. The molecule has 1 aliphatic rings. The molecule has 1 aliphatic heterocycles. The summed E-state index contributed by atoms with van der Waals surface area (Å²) in [5.74, 6) is 0. The van der Waals surface area contributed by atoms with Gasteiger partial charge in [0, 0.05) is 0 Å². The van der Waals surface area contributed by atoms with Crippen LogP contribution in [-0.4, -0.2) is 48.8 Å². The van der Waals surface area contributed by atoms with Crippen LogP contribution in [0.2, 0.25) is 0 Å². The first-order chi connectivity index (χ1) is 17.0. The molecule has 0 saturated heterocycles. The Hall–Kier alpha value is -2.74. The Kier molecular flexibility index (Phi) is 7.18. The van der Waals surface area contributed by atoms with Gasteiger partial charge >= 0.3 is 0 Å². The van der Waals surface area contributed by atoms with Gasteiger partial charge in [-0.15, -0.1) is 0 Å². The average molecular weight is 479 g/mol. The zero-order valence-electron chi connectivity index (χ0n) is 21.5. The van der Waals surface area contributed by atoms with Crippen molar-refractivity contribution in [2.45, 2.75) is 53.9 Å². The molecule has 0 spiro atoms. The van der Waals surface area contributed by atoms with Crippen LogP contribution in [0.15, 0.2) is 36.9 Å². The number of aryl methyl sites for hydroxylation is 4. The molecule has 5 rings (SSSR count). The summed E-state index contributed by atoms with van der Waals surface area (Å²) in [4.78, 5) is 0. The summed E-state index contributed by atoms with van der Waals surface area (Å²) in [5, 5.41) is 0. The van der Waals surface area contributed by atoms with Gasteiger partial charge in [-0.2, -0.15) is 0 Å². The third-order valence-electron chi connectivity index (χ3n) is 7.26. The number of aromatic nitrogens is 4. The average Bonchev–Trinajstić information content (AvgIpc) is 3.33. The van der Waals surface area contributed by atoms with Crippen molar-refractivity contribution in [2.24, 2.45) is 0 Å². The fourth-order valence-corrected chi connectivity index (χ4v) is 4.87. The number of fused-ring (bicyclic) bond motifs is 10. The molecule has 0 amide bonds. The van der Waals surface area contributed by atoms with Gasteiger partial charge in [-0.1, -0.05) is 0 Å². The number of hydrogen-bond acceptors (Lipinski definition) is 3. The molecule has 7 heteroatoms. The normalized spacial score (nSPS) is 16.8. The first kappa shape index (κ1) is 24.0. The van der Waals surface area contributed by atoms with Crippen LogP contribution in [0.25, 0.3) is 22.1 Å². The van der Waals surface area contributed by atoms with Crippen molar-refractivity contribution in [1.29, 1.82) is 0 Å². The highest BCUT2D eigenvalue weighted by molar-refractivity contribution is 5.75. The maximum atomic E-state index is 6.13. The predicted octanol–water partition coefficient (Wildman–Crippen LogP) is 3.17. The van der Waals surface area contributed by atoms with Gasteiger partial charge in [-0.05, 0) is 74.2 Å². The fourth-order valence-electron chi connectivity index (χ4n) is 4.87. The van der Waals surface area contributed by atoms with E-state index >= 15 is 0 Å². The highest BCUT2D eigenvalue weighted by Crippen LogP contribution is 2.19. The van der Waals surface area contributed by atoms with Crippen molar-refractivity contribution in [3.8, 4) is 0 Å². The van der Waals surface area contributed by atoms with E-state index in [9.17, 15) is 0 Å². The second-order valence-electron chi connectivity index (χ2n) is 9.69. The maximum Gasteiger partial charge on any atom is 0.244 e. The van der Waals surface area contributed by atoms with Crippen LogP contribution >= 0.6 is 0 Å². The van der Waals surface area contributed by atoms with Crippen molar-refractivity contribution in [1.82, 2.24) is 9.13 Å². The molecule has 4 aromatic rings. The van der Waals surface area contributed by atoms with Crippen LogP contribution in [0.1, 0.15) is 22.3 Å². The molecule has 0 saturated carbocycles. The number of imidazole rings is 2. The van der Waals surface area contributed by atoms with Crippen LogP contribution in [0.4, 0.5) is 0 Å². The lowest BCUT2D eigenvalue weighted by Gasteiger charge is -2.05. The summed E-state index contributed by atoms with van der Waals surface area (Å²) in [5.41, 5.74) is 10.2. The molecular weight excluding hydrogens is 440 g/mol. The van der Waals surface area contributed by atoms with Gasteiger partial charge < -0.3 is 14.2 Å². The van der Waals surface area contributed by atoms with E-state index in [1.807, 2.05) is 0 Å². The van der Waals surface area contributed by atoms with E-state index in [0.717, 1.165) is 26.2 Å². The van der Waals surface area contributed by atoms with Gasteiger partial charge in [0.25, 0.3) is 0 Å². The number of rotatable bonds is 0. The highest BCUT2D eigenvalue weighted by atomic mass is 16.5. The molecule has 0 unspecified atom stereocenters. The largest absolute Gasteiger partial charge is 0.375 e. The smallest absolute Gasteiger partial charge is 0.244 e. The number of ether oxygens (including phenoxy) is 3. The molecule has 2 aromatic heterocycles. The summed E-state index contributed by atoms with van der Waals surface area (Å²) < 4.78 is 27.2. The minimum absolute atomic E-state index is 0.607. The second-order valence-corrected chi connectivity index (χ2v) is 9.69. The van der Waals surface area contributed by atoms with Gasteiger partial charge in [0.15, 0.2) is 22.1 Å². The predicted molar refractivity (Wildman–Crippen MR) is 136 cm³/mol. The van der Waals surface area contributed by atoms with Crippen LogP contribution in [0, 0.1) is 27.7 Å². The molecular formula is C28H38N4O3+2. The SMILES string of the molecule is Cc1cc2c(cc1C)[n+]1cn2CCOCCOCCn2c[n+](c3cc(C)c(C)cc32)CCOCC1. The van der Waals surface area contributed by atoms with Crippen molar-refractivity contribution >= 4 is 22.1 Å². The zero-order chi connectivity index (χ0) is 24.4. The molecule has 0 atom stereocenters. The van der Waals surface area contributed by atoms with E-state index in [4.69, 9.17) is 14.2 Å². The van der Waals surface area contributed by atoms with Crippen molar-refractivity contribution in [2.75, 3.05) is 39.6 Å². The van der Waals surface area contributed by atoms with Crippen LogP contribution < -0.4 is 9.13 Å². The zero-order valence-corrected chi connectivity index (χ0v) is 21.5. The monoisotopic (exact) mass is 478 g/mol. The van der Waals surface area contributed by atoms with Crippen LogP contribution in [-0.2, 0) is 40.4 Å². The van der Waals surface area contributed by atoms with E-state index in [0.29, 0.717) is 39.6 Å². The fraction of sp³-hybridized carbons (Fsp3) is 0.500. The van der Waals surface area contributed by atoms with Crippen molar-refractivity contribution in [3.05, 3.63) is 59.2 Å². The van der Waals surface area contributed by atoms with Crippen LogP contribution in [0.5, 0.6) is 0 Å². The molecule has 186 valence electrons.